The molecule has 1 atom stereocenters. The molecule has 1 aromatic carbocycles. The molecular formula is C20H24N6O. The first-order chi connectivity index (χ1) is 13.0. The number of carbonyl (C=O) groups excluding carboxylic acids is 1. The van der Waals surface area contributed by atoms with E-state index in [-0.39, 0.29) is 5.91 Å². The van der Waals surface area contributed by atoms with E-state index in [9.17, 15) is 4.79 Å². The van der Waals surface area contributed by atoms with Crippen molar-refractivity contribution in [3.05, 3.63) is 53.5 Å². The minimum absolute atomic E-state index is 0.0934. The molecule has 7 nitrogen and oxygen atoms in total. The van der Waals surface area contributed by atoms with E-state index in [1.165, 1.54) is 0 Å². The molecule has 3 aromatic rings. The second kappa shape index (κ2) is 6.66. The molecule has 7 heteroatoms. The van der Waals surface area contributed by atoms with Crippen molar-refractivity contribution in [3.63, 3.8) is 0 Å². The number of amides is 1. The topological polar surface area (TPSA) is 99.9 Å². The van der Waals surface area contributed by atoms with Crippen LogP contribution in [0.15, 0.2) is 36.8 Å². The lowest BCUT2D eigenvalue weighted by Crippen LogP contribution is -2.52. The second-order valence-corrected chi connectivity index (χ2v) is 7.48. The number of benzene rings is 1. The summed E-state index contributed by atoms with van der Waals surface area (Å²) in [7, 11) is 0. The molecule has 4 rings (SSSR count). The molecule has 1 aliphatic heterocycles. The quantitative estimate of drug-likeness (QED) is 0.657. The summed E-state index contributed by atoms with van der Waals surface area (Å²) < 4.78 is 0. The fourth-order valence-corrected chi connectivity index (χ4v) is 3.62. The van der Waals surface area contributed by atoms with Crippen LogP contribution in [0, 0.1) is 13.8 Å². The van der Waals surface area contributed by atoms with E-state index in [4.69, 9.17) is 5.73 Å². The summed E-state index contributed by atoms with van der Waals surface area (Å²) in [5, 5.41) is 4.02. The SMILES string of the molecule is Cc1ccc(C(=O)NC[C@@]2(N)CCN(c3ncnc4[nH]cc(C)c34)C2)cc1. The molecule has 1 saturated heterocycles. The predicted octanol–water partition coefficient (Wildman–Crippen LogP) is 1.91. The molecule has 0 bridgehead atoms. The van der Waals surface area contributed by atoms with Crippen molar-refractivity contribution in [1.29, 1.82) is 0 Å². The van der Waals surface area contributed by atoms with Crippen molar-refractivity contribution in [3.8, 4) is 0 Å². The van der Waals surface area contributed by atoms with E-state index in [2.05, 4.69) is 25.2 Å². The number of rotatable bonds is 4. The van der Waals surface area contributed by atoms with E-state index in [1.54, 1.807) is 6.33 Å². The molecule has 27 heavy (non-hydrogen) atoms. The van der Waals surface area contributed by atoms with E-state index in [0.29, 0.717) is 18.7 Å². The molecule has 0 radical (unpaired) electrons. The van der Waals surface area contributed by atoms with Crippen LogP contribution in [0.1, 0.15) is 27.9 Å². The molecule has 0 unspecified atom stereocenters. The summed E-state index contributed by atoms with van der Waals surface area (Å²) in [5.41, 5.74) is 9.83. The third kappa shape index (κ3) is 3.38. The van der Waals surface area contributed by atoms with E-state index >= 15 is 0 Å². The van der Waals surface area contributed by atoms with Crippen molar-refractivity contribution in [2.75, 3.05) is 24.5 Å². The fourth-order valence-electron chi connectivity index (χ4n) is 3.62. The Morgan fingerprint density at radius 2 is 2.07 bits per heavy atom. The molecule has 0 aliphatic carbocycles. The number of H-pyrrole nitrogens is 1. The Balaban J connectivity index is 1.45. The lowest BCUT2D eigenvalue weighted by molar-refractivity contribution is 0.0945. The Labute approximate surface area is 158 Å². The summed E-state index contributed by atoms with van der Waals surface area (Å²) >= 11 is 0. The van der Waals surface area contributed by atoms with Gasteiger partial charge in [-0.1, -0.05) is 17.7 Å². The summed E-state index contributed by atoms with van der Waals surface area (Å²) in [5.74, 6) is 0.806. The van der Waals surface area contributed by atoms with Crippen molar-refractivity contribution in [1.82, 2.24) is 20.3 Å². The smallest absolute Gasteiger partial charge is 0.251 e. The van der Waals surface area contributed by atoms with Crippen LogP contribution >= 0.6 is 0 Å². The van der Waals surface area contributed by atoms with E-state index in [1.807, 2.05) is 44.3 Å². The number of nitrogens with two attached hydrogens (primary N) is 1. The van der Waals surface area contributed by atoms with Gasteiger partial charge in [0.1, 0.15) is 17.8 Å². The Morgan fingerprint density at radius 1 is 1.30 bits per heavy atom. The van der Waals surface area contributed by atoms with Gasteiger partial charge >= 0.3 is 0 Å². The Bertz CT molecular complexity index is 980. The van der Waals surface area contributed by atoms with Gasteiger partial charge in [-0.3, -0.25) is 4.79 Å². The highest BCUT2D eigenvalue weighted by Crippen LogP contribution is 2.30. The van der Waals surface area contributed by atoms with Gasteiger partial charge in [-0.05, 0) is 38.0 Å². The van der Waals surface area contributed by atoms with Gasteiger partial charge in [0.25, 0.3) is 5.91 Å². The van der Waals surface area contributed by atoms with Gasteiger partial charge < -0.3 is 20.9 Å². The fraction of sp³-hybridized carbons (Fsp3) is 0.350. The standard InChI is InChI=1S/C20H24N6O/c1-13-3-5-15(6-4-13)19(27)23-10-20(21)7-8-26(11-20)18-16-14(2)9-22-17(16)24-12-25-18/h3-6,9,12H,7-8,10-11,21H2,1-2H3,(H,23,27)(H,22,24,25)/t20-/m0/s1. The van der Waals surface area contributed by atoms with Crippen LogP contribution in [0.3, 0.4) is 0 Å². The van der Waals surface area contributed by atoms with E-state index in [0.717, 1.165) is 40.9 Å². The van der Waals surface area contributed by atoms with Gasteiger partial charge in [0.05, 0.1) is 10.9 Å². The normalized spacial score (nSPS) is 19.6. The lowest BCUT2D eigenvalue weighted by atomic mass is 10.00. The summed E-state index contributed by atoms with van der Waals surface area (Å²) in [4.78, 5) is 26.5. The number of nitrogens with zero attached hydrogens (tertiary/aromatic N) is 3. The molecule has 4 N–H and O–H groups in total. The van der Waals surface area contributed by atoms with Gasteiger partial charge in [0, 0.05) is 31.4 Å². The molecule has 1 amide bonds. The number of aromatic nitrogens is 3. The molecule has 0 spiro atoms. The third-order valence-electron chi connectivity index (χ3n) is 5.25. The van der Waals surface area contributed by atoms with Crippen LogP contribution in [-0.4, -0.2) is 46.0 Å². The van der Waals surface area contributed by atoms with Gasteiger partial charge in [-0.25, -0.2) is 9.97 Å². The first-order valence-corrected chi connectivity index (χ1v) is 9.13. The molecule has 2 aromatic heterocycles. The highest BCUT2D eigenvalue weighted by molar-refractivity contribution is 5.94. The molecule has 140 valence electrons. The highest BCUT2D eigenvalue weighted by atomic mass is 16.1. The Hall–Kier alpha value is -2.93. The van der Waals surface area contributed by atoms with Crippen LogP contribution in [0.2, 0.25) is 0 Å². The van der Waals surface area contributed by atoms with Gasteiger partial charge in [-0.15, -0.1) is 0 Å². The maximum absolute atomic E-state index is 12.4. The van der Waals surface area contributed by atoms with Crippen molar-refractivity contribution in [2.24, 2.45) is 5.73 Å². The van der Waals surface area contributed by atoms with Crippen LogP contribution in [0.25, 0.3) is 11.0 Å². The minimum atomic E-state index is -0.484. The first-order valence-electron chi connectivity index (χ1n) is 9.13. The van der Waals surface area contributed by atoms with E-state index < -0.39 is 5.54 Å². The summed E-state index contributed by atoms with van der Waals surface area (Å²) in [6.07, 6.45) is 4.30. The zero-order chi connectivity index (χ0) is 19.0. The highest BCUT2D eigenvalue weighted by Gasteiger charge is 2.36. The van der Waals surface area contributed by atoms with Crippen molar-refractivity contribution >= 4 is 22.8 Å². The zero-order valence-electron chi connectivity index (χ0n) is 15.6. The monoisotopic (exact) mass is 364 g/mol. The van der Waals surface area contributed by atoms with Crippen LogP contribution in [0.5, 0.6) is 0 Å². The number of anilines is 1. The first kappa shape index (κ1) is 17.5. The van der Waals surface area contributed by atoms with Gasteiger partial charge in [0.15, 0.2) is 0 Å². The summed E-state index contributed by atoms with van der Waals surface area (Å²) in [6, 6.07) is 7.54. The maximum atomic E-state index is 12.4. The average Bonchev–Trinajstić information content (AvgIpc) is 3.24. The lowest BCUT2D eigenvalue weighted by Gasteiger charge is -2.25. The average molecular weight is 364 g/mol. The van der Waals surface area contributed by atoms with Crippen LogP contribution in [-0.2, 0) is 0 Å². The minimum Gasteiger partial charge on any atom is -0.354 e. The maximum Gasteiger partial charge on any atom is 0.251 e. The number of carbonyl (C=O) groups is 1. The third-order valence-corrected chi connectivity index (χ3v) is 5.25. The number of fused-ring (bicyclic) bond motifs is 1. The molecular weight excluding hydrogens is 340 g/mol. The van der Waals surface area contributed by atoms with Crippen molar-refractivity contribution < 1.29 is 4.79 Å². The molecule has 0 saturated carbocycles. The predicted molar refractivity (Wildman–Crippen MR) is 106 cm³/mol. The summed E-state index contributed by atoms with van der Waals surface area (Å²) in [6.45, 7) is 5.90. The van der Waals surface area contributed by atoms with Gasteiger partial charge in [-0.2, -0.15) is 0 Å². The second-order valence-electron chi connectivity index (χ2n) is 7.48. The van der Waals surface area contributed by atoms with Crippen LogP contribution < -0.4 is 16.0 Å². The number of hydrogen-bond donors (Lipinski definition) is 3. The van der Waals surface area contributed by atoms with Crippen molar-refractivity contribution in [2.45, 2.75) is 25.8 Å². The van der Waals surface area contributed by atoms with Gasteiger partial charge in [0.2, 0.25) is 0 Å². The number of hydrogen-bond acceptors (Lipinski definition) is 5. The zero-order valence-corrected chi connectivity index (χ0v) is 15.6. The number of aromatic amines is 1. The number of nitrogens with one attached hydrogen (secondary N) is 2. The molecule has 3 heterocycles. The Morgan fingerprint density at radius 3 is 2.85 bits per heavy atom. The van der Waals surface area contributed by atoms with Crippen LogP contribution in [0.4, 0.5) is 5.82 Å². The molecule has 1 aliphatic rings. The largest absolute Gasteiger partial charge is 0.354 e. The number of aryl methyl sites for hydroxylation is 2. The Kier molecular flexibility index (Phi) is 4.31. The molecule has 1 fully saturated rings.